The van der Waals surface area contributed by atoms with Gasteiger partial charge in [-0.1, -0.05) is 19.9 Å². The van der Waals surface area contributed by atoms with E-state index in [1.165, 1.54) is 16.8 Å². The van der Waals surface area contributed by atoms with Crippen LogP contribution in [-0.4, -0.2) is 20.2 Å². The van der Waals surface area contributed by atoms with E-state index in [-0.39, 0.29) is 0 Å². The Kier molecular flexibility index (Phi) is 2.59. The lowest BCUT2D eigenvalue weighted by Crippen LogP contribution is -2.29. The molecule has 1 aliphatic rings. The lowest BCUT2D eigenvalue weighted by molar-refractivity contribution is 0.311. The Morgan fingerprint density at radius 2 is 2.07 bits per heavy atom. The molecule has 0 saturated heterocycles. The Hall–Kier alpha value is -1.18. The molecular weight excluding hydrogens is 186 g/mol. The van der Waals surface area contributed by atoms with E-state index < -0.39 is 0 Å². The molecule has 0 aromatic heterocycles. The molecule has 2 rings (SSSR count). The van der Waals surface area contributed by atoms with Crippen LogP contribution in [0.5, 0.6) is 5.75 Å². The molecular formula is C13H19NO. The van der Waals surface area contributed by atoms with Crippen LogP contribution in [0.4, 0.5) is 5.69 Å². The molecule has 0 amide bonds. The van der Waals surface area contributed by atoms with E-state index in [2.05, 4.69) is 44.9 Å². The van der Waals surface area contributed by atoms with Crippen molar-refractivity contribution in [2.75, 3.05) is 25.1 Å². The van der Waals surface area contributed by atoms with Crippen LogP contribution < -0.4 is 9.64 Å². The van der Waals surface area contributed by atoms with Gasteiger partial charge in [-0.15, -0.1) is 0 Å². The zero-order valence-electron chi connectivity index (χ0n) is 10.0. The molecule has 1 aliphatic heterocycles. The third kappa shape index (κ3) is 1.69. The van der Waals surface area contributed by atoms with Gasteiger partial charge in [-0.25, -0.2) is 0 Å². The number of likely N-dealkylation sites (N-methyl/N-ethyl adjacent to an activating group) is 1. The summed E-state index contributed by atoms with van der Waals surface area (Å²) < 4.78 is 5.67. The van der Waals surface area contributed by atoms with Gasteiger partial charge in [-0.3, -0.25) is 0 Å². The summed E-state index contributed by atoms with van der Waals surface area (Å²) in [5, 5.41) is 0. The van der Waals surface area contributed by atoms with Crippen LogP contribution in [0.15, 0.2) is 12.1 Å². The maximum atomic E-state index is 5.67. The number of fused-ring (bicyclic) bond motifs is 1. The van der Waals surface area contributed by atoms with Crippen molar-refractivity contribution in [3.05, 3.63) is 23.3 Å². The second-order valence-electron chi connectivity index (χ2n) is 4.55. The summed E-state index contributed by atoms with van der Waals surface area (Å²) in [7, 11) is 2.14. The monoisotopic (exact) mass is 205 g/mol. The fraction of sp³-hybridized carbons (Fsp3) is 0.538. The lowest BCUT2D eigenvalue weighted by atomic mass is 9.95. The maximum Gasteiger partial charge on any atom is 0.142 e. The van der Waals surface area contributed by atoms with Crippen molar-refractivity contribution in [3.8, 4) is 5.75 Å². The van der Waals surface area contributed by atoms with E-state index in [1.807, 2.05) is 0 Å². The van der Waals surface area contributed by atoms with Crippen LogP contribution in [0.1, 0.15) is 30.9 Å². The highest BCUT2D eigenvalue weighted by Gasteiger charge is 2.19. The van der Waals surface area contributed by atoms with Gasteiger partial charge in [-0.05, 0) is 30.0 Å². The zero-order valence-corrected chi connectivity index (χ0v) is 10.0. The minimum Gasteiger partial charge on any atom is -0.490 e. The molecule has 0 radical (unpaired) electrons. The second kappa shape index (κ2) is 3.76. The van der Waals surface area contributed by atoms with Gasteiger partial charge in [0.2, 0.25) is 0 Å². The van der Waals surface area contributed by atoms with Crippen molar-refractivity contribution < 1.29 is 4.74 Å². The van der Waals surface area contributed by atoms with E-state index in [9.17, 15) is 0 Å². The third-order valence-corrected chi connectivity index (χ3v) is 3.12. The summed E-state index contributed by atoms with van der Waals surface area (Å²) in [4.78, 5) is 2.29. The van der Waals surface area contributed by atoms with Crippen LogP contribution in [0.25, 0.3) is 0 Å². The highest BCUT2D eigenvalue weighted by molar-refractivity contribution is 5.66. The van der Waals surface area contributed by atoms with E-state index in [0.717, 1.165) is 18.9 Å². The minimum absolute atomic E-state index is 0.575. The maximum absolute atomic E-state index is 5.67. The standard InChI is InChI=1S/C13H19NO/c1-9(2)11-5-6-12-13(10(11)3)14(4)7-8-15-12/h5-6,9H,7-8H2,1-4H3. The molecule has 1 aromatic rings. The zero-order chi connectivity index (χ0) is 11.0. The first-order chi connectivity index (χ1) is 7.11. The van der Waals surface area contributed by atoms with Crippen LogP contribution in [0.2, 0.25) is 0 Å². The van der Waals surface area contributed by atoms with Crippen molar-refractivity contribution in [2.45, 2.75) is 26.7 Å². The number of nitrogens with zero attached hydrogens (tertiary/aromatic N) is 1. The van der Waals surface area contributed by atoms with Crippen LogP contribution >= 0.6 is 0 Å². The number of anilines is 1. The van der Waals surface area contributed by atoms with Crippen molar-refractivity contribution >= 4 is 5.69 Å². The van der Waals surface area contributed by atoms with Gasteiger partial charge in [0.25, 0.3) is 0 Å². The third-order valence-electron chi connectivity index (χ3n) is 3.12. The lowest BCUT2D eigenvalue weighted by Gasteiger charge is -2.30. The largest absolute Gasteiger partial charge is 0.490 e. The normalized spacial score (nSPS) is 15.1. The average Bonchev–Trinajstić information content (AvgIpc) is 2.17. The molecule has 0 atom stereocenters. The van der Waals surface area contributed by atoms with E-state index in [0.29, 0.717) is 5.92 Å². The molecule has 0 fully saturated rings. The van der Waals surface area contributed by atoms with Gasteiger partial charge in [-0.2, -0.15) is 0 Å². The first-order valence-electron chi connectivity index (χ1n) is 5.58. The SMILES string of the molecule is Cc1c(C(C)C)ccc2c1N(C)CCO2. The van der Waals surface area contributed by atoms with E-state index in [4.69, 9.17) is 4.74 Å². The quantitative estimate of drug-likeness (QED) is 0.699. The van der Waals surface area contributed by atoms with Crippen LogP contribution in [0.3, 0.4) is 0 Å². The van der Waals surface area contributed by atoms with Gasteiger partial charge in [0.15, 0.2) is 0 Å². The number of ether oxygens (including phenoxy) is 1. The van der Waals surface area contributed by atoms with E-state index in [1.54, 1.807) is 0 Å². The molecule has 2 nitrogen and oxygen atoms in total. The molecule has 2 heteroatoms. The topological polar surface area (TPSA) is 12.5 Å². The Bertz CT molecular complexity index is 371. The molecule has 82 valence electrons. The molecule has 1 heterocycles. The van der Waals surface area contributed by atoms with Crippen molar-refractivity contribution in [2.24, 2.45) is 0 Å². The molecule has 0 spiro atoms. The second-order valence-corrected chi connectivity index (χ2v) is 4.55. The molecule has 0 unspecified atom stereocenters. The Labute approximate surface area is 91.9 Å². The van der Waals surface area contributed by atoms with E-state index >= 15 is 0 Å². The molecule has 0 saturated carbocycles. The molecule has 1 aromatic carbocycles. The smallest absolute Gasteiger partial charge is 0.142 e. The fourth-order valence-corrected chi connectivity index (χ4v) is 2.31. The Balaban J connectivity index is 2.54. The fourth-order valence-electron chi connectivity index (χ4n) is 2.31. The molecule has 0 bridgehead atoms. The summed E-state index contributed by atoms with van der Waals surface area (Å²) in [5.41, 5.74) is 4.06. The predicted octanol–water partition coefficient (Wildman–Crippen LogP) is 2.95. The van der Waals surface area contributed by atoms with Gasteiger partial charge in [0, 0.05) is 7.05 Å². The van der Waals surface area contributed by atoms with Crippen molar-refractivity contribution in [1.29, 1.82) is 0 Å². The number of hydrogen-bond acceptors (Lipinski definition) is 2. The first-order valence-corrected chi connectivity index (χ1v) is 5.58. The summed E-state index contributed by atoms with van der Waals surface area (Å²) >= 11 is 0. The van der Waals surface area contributed by atoms with Gasteiger partial charge < -0.3 is 9.64 Å². The molecule has 15 heavy (non-hydrogen) atoms. The van der Waals surface area contributed by atoms with Gasteiger partial charge in [0.1, 0.15) is 12.4 Å². The number of benzene rings is 1. The summed E-state index contributed by atoms with van der Waals surface area (Å²) in [6, 6.07) is 4.30. The van der Waals surface area contributed by atoms with Crippen LogP contribution in [-0.2, 0) is 0 Å². The Morgan fingerprint density at radius 1 is 1.33 bits per heavy atom. The summed E-state index contributed by atoms with van der Waals surface area (Å²) in [6.45, 7) is 8.44. The van der Waals surface area contributed by atoms with Crippen molar-refractivity contribution in [3.63, 3.8) is 0 Å². The number of hydrogen-bond donors (Lipinski definition) is 0. The summed E-state index contributed by atoms with van der Waals surface area (Å²) in [6.07, 6.45) is 0. The van der Waals surface area contributed by atoms with Gasteiger partial charge >= 0.3 is 0 Å². The highest BCUT2D eigenvalue weighted by Crippen LogP contribution is 2.37. The first kappa shape index (κ1) is 10.3. The average molecular weight is 205 g/mol. The highest BCUT2D eigenvalue weighted by atomic mass is 16.5. The molecule has 0 N–H and O–H groups in total. The summed E-state index contributed by atoms with van der Waals surface area (Å²) in [5.74, 6) is 1.61. The minimum atomic E-state index is 0.575. The van der Waals surface area contributed by atoms with Gasteiger partial charge in [0.05, 0.1) is 12.2 Å². The van der Waals surface area contributed by atoms with Crippen molar-refractivity contribution in [1.82, 2.24) is 0 Å². The predicted molar refractivity (Wildman–Crippen MR) is 64.0 cm³/mol. The van der Waals surface area contributed by atoms with Crippen LogP contribution in [0, 0.1) is 6.92 Å². The Morgan fingerprint density at radius 3 is 2.73 bits per heavy atom. The number of rotatable bonds is 1. The molecule has 0 aliphatic carbocycles.